The third-order valence-electron chi connectivity index (χ3n) is 3.49. The number of phenols is 1. The molecule has 130 valence electrons. The molecule has 2 aromatic carbocycles. The smallest absolute Gasteiger partial charge is 0.211 e. The van der Waals surface area contributed by atoms with Crippen LogP contribution in [0.4, 0.5) is 0 Å². The van der Waals surface area contributed by atoms with Crippen LogP contribution in [0.1, 0.15) is 12.5 Å². The molecule has 5 nitrogen and oxygen atoms in total. The van der Waals surface area contributed by atoms with E-state index in [9.17, 15) is 5.11 Å². The van der Waals surface area contributed by atoms with Crippen LogP contribution >= 0.6 is 43.2 Å². The molecular formula is C17H15Br2N3O2S. The monoisotopic (exact) mass is 483 g/mol. The van der Waals surface area contributed by atoms with E-state index in [1.54, 1.807) is 12.1 Å². The number of aryl methyl sites for hydroxylation is 1. The Morgan fingerprint density at radius 3 is 2.84 bits per heavy atom. The third-order valence-corrected chi connectivity index (χ3v) is 5.64. The predicted octanol–water partition coefficient (Wildman–Crippen LogP) is 4.80. The summed E-state index contributed by atoms with van der Waals surface area (Å²) in [6, 6.07) is 9.51. The number of rotatable bonds is 4. The number of nitrogens with zero attached hydrogens (tertiary/aromatic N) is 3. The van der Waals surface area contributed by atoms with Gasteiger partial charge in [0.2, 0.25) is 4.80 Å². The molecule has 1 heterocycles. The first-order chi connectivity index (χ1) is 12.0. The van der Waals surface area contributed by atoms with Crippen molar-refractivity contribution >= 4 is 59.6 Å². The van der Waals surface area contributed by atoms with Crippen molar-refractivity contribution in [1.82, 2.24) is 4.57 Å². The molecule has 0 amide bonds. The second kappa shape index (κ2) is 7.72. The summed E-state index contributed by atoms with van der Waals surface area (Å²) >= 11 is 8.22. The maximum atomic E-state index is 10.1. The second-order valence-corrected chi connectivity index (χ2v) is 7.96. The van der Waals surface area contributed by atoms with Crippen molar-refractivity contribution in [3.63, 3.8) is 0 Å². The standard InChI is InChI=1S/C17H15Br2N3O2S/c1-3-24-12-4-5-14-15(8-12)25-17(22(14)2)21-20-9-10-6-11(18)7-13(19)16(10)23/h4-9,23H,3H2,1-2H3. The van der Waals surface area contributed by atoms with E-state index in [1.807, 2.05) is 36.7 Å². The first-order valence-corrected chi connectivity index (χ1v) is 9.87. The SMILES string of the molecule is CCOc1ccc2c(c1)sc(=NN=Cc1cc(Br)cc(Br)c1O)n2C. The minimum atomic E-state index is 0.129. The topological polar surface area (TPSA) is 59.1 Å². The molecule has 1 aromatic heterocycles. The number of phenolic OH excluding ortho intramolecular Hbond substituents is 1. The molecule has 0 radical (unpaired) electrons. The van der Waals surface area contributed by atoms with Gasteiger partial charge in [0.25, 0.3) is 0 Å². The third kappa shape index (κ3) is 3.96. The number of thiazole rings is 1. The normalized spacial score (nSPS) is 12.4. The number of hydrogen-bond acceptors (Lipinski definition) is 5. The molecule has 3 aromatic rings. The summed E-state index contributed by atoms with van der Waals surface area (Å²) in [6.07, 6.45) is 1.53. The minimum Gasteiger partial charge on any atom is -0.506 e. The zero-order chi connectivity index (χ0) is 18.0. The Kier molecular flexibility index (Phi) is 5.61. The van der Waals surface area contributed by atoms with Crippen molar-refractivity contribution in [3.05, 3.63) is 49.6 Å². The number of fused-ring (bicyclic) bond motifs is 1. The van der Waals surface area contributed by atoms with E-state index >= 15 is 0 Å². The van der Waals surface area contributed by atoms with Gasteiger partial charge in [-0.15, -0.1) is 5.10 Å². The van der Waals surface area contributed by atoms with Crippen LogP contribution in [0.3, 0.4) is 0 Å². The maximum Gasteiger partial charge on any atom is 0.211 e. The van der Waals surface area contributed by atoms with Crippen molar-refractivity contribution in [2.75, 3.05) is 6.61 Å². The van der Waals surface area contributed by atoms with Gasteiger partial charge in [-0.05, 0) is 53.2 Å². The Morgan fingerprint density at radius 1 is 1.28 bits per heavy atom. The zero-order valence-electron chi connectivity index (χ0n) is 13.5. The summed E-state index contributed by atoms with van der Waals surface area (Å²) in [7, 11) is 1.95. The van der Waals surface area contributed by atoms with Crippen LogP contribution < -0.4 is 9.54 Å². The van der Waals surface area contributed by atoms with Gasteiger partial charge in [-0.1, -0.05) is 27.3 Å². The van der Waals surface area contributed by atoms with Crippen molar-refractivity contribution in [2.45, 2.75) is 6.92 Å². The molecule has 0 unspecified atom stereocenters. The van der Waals surface area contributed by atoms with Crippen LogP contribution in [0.2, 0.25) is 0 Å². The summed E-state index contributed by atoms with van der Waals surface area (Å²) in [6.45, 7) is 2.60. The number of aromatic hydroxyl groups is 1. The second-order valence-electron chi connectivity index (χ2n) is 5.18. The first-order valence-electron chi connectivity index (χ1n) is 7.47. The Balaban J connectivity index is 1.97. The van der Waals surface area contributed by atoms with Gasteiger partial charge >= 0.3 is 0 Å². The van der Waals surface area contributed by atoms with Crippen LogP contribution in [0.5, 0.6) is 11.5 Å². The van der Waals surface area contributed by atoms with Crippen LogP contribution in [-0.2, 0) is 7.05 Å². The summed E-state index contributed by atoms with van der Waals surface area (Å²) in [4.78, 5) is 0.758. The molecule has 25 heavy (non-hydrogen) atoms. The maximum absolute atomic E-state index is 10.1. The molecule has 0 aliphatic rings. The van der Waals surface area contributed by atoms with Gasteiger partial charge in [-0.25, -0.2) is 0 Å². The molecule has 0 aliphatic carbocycles. The molecule has 8 heteroatoms. The summed E-state index contributed by atoms with van der Waals surface area (Å²) in [5.74, 6) is 0.972. The Labute approximate surface area is 165 Å². The van der Waals surface area contributed by atoms with Crippen LogP contribution in [0.15, 0.2) is 49.5 Å². The minimum absolute atomic E-state index is 0.129. The average Bonchev–Trinajstić information content (AvgIpc) is 2.88. The van der Waals surface area contributed by atoms with E-state index in [0.29, 0.717) is 16.6 Å². The van der Waals surface area contributed by atoms with Crippen molar-refractivity contribution in [3.8, 4) is 11.5 Å². The quantitative estimate of drug-likeness (QED) is 0.427. The fraction of sp³-hybridized carbons (Fsp3) is 0.176. The van der Waals surface area contributed by atoms with E-state index < -0.39 is 0 Å². The molecule has 0 saturated heterocycles. The molecule has 1 N–H and O–H groups in total. The highest BCUT2D eigenvalue weighted by Gasteiger charge is 2.06. The molecule has 0 fully saturated rings. The lowest BCUT2D eigenvalue weighted by molar-refractivity contribution is 0.341. The van der Waals surface area contributed by atoms with Gasteiger partial charge in [0.05, 0.1) is 27.5 Å². The largest absolute Gasteiger partial charge is 0.506 e. The lowest BCUT2D eigenvalue weighted by Gasteiger charge is -2.02. The molecule has 0 aliphatic heterocycles. The van der Waals surface area contributed by atoms with Gasteiger partial charge < -0.3 is 14.4 Å². The fourth-order valence-corrected chi connectivity index (χ4v) is 4.55. The lowest BCUT2D eigenvalue weighted by Crippen LogP contribution is -2.08. The van der Waals surface area contributed by atoms with Crippen LogP contribution in [0.25, 0.3) is 10.2 Å². The van der Waals surface area contributed by atoms with Gasteiger partial charge in [0, 0.05) is 17.1 Å². The number of aromatic nitrogens is 1. The Hall–Kier alpha value is -1.64. The van der Waals surface area contributed by atoms with E-state index in [-0.39, 0.29) is 5.75 Å². The van der Waals surface area contributed by atoms with Crippen LogP contribution in [-0.4, -0.2) is 22.5 Å². The predicted molar refractivity (Wildman–Crippen MR) is 109 cm³/mol. The molecule has 0 bridgehead atoms. The van der Waals surface area contributed by atoms with E-state index in [4.69, 9.17) is 4.74 Å². The molecule has 0 spiro atoms. The number of hydrogen-bond donors (Lipinski definition) is 1. The van der Waals surface area contributed by atoms with Crippen molar-refractivity contribution in [1.29, 1.82) is 0 Å². The van der Waals surface area contributed by atoms with Crippen LogP contribution in [0, 0.1) is 0 Å². The Morgan fingerprint density at radius 2 is 2.08 bits per heavy atom. The first kappa shape index (κ1) is 18.2. The zero-order valence-corrected chi connectivity index (χ0v) is 17.5. The van der Waals surface area contributed by atoms with E-state index in [2.05, 4.69) is 42.1 Å². The average molecular weight is 485 g/mol. The molecular weight excluding hydrogens is 470 g/mol. The summed E-state index contributed by atoms with van der Waals surface area (Å²) < 4.78 is 10.0. The molecule has 3 rings (SSSR count). The molecule has 0 saturated carbocycles. The fourth-order valence-electron chi connectivity index (χ4n) is 2.29. The van der Waals surface area contributed by atoms with Crippen molar-refractivity contribution < 1.29 is 9.84 Å². The van der Waals surface area contributed by atoms with Gasteiger partial charge in [-0.3, -0.25) is 0 Å². The highest BCUT2D eigenvalue weighted by Crippen LogP contribution is 2.30. The summed E-state index contributed by atoms with van der Waals surface area (Å²) in [5, 5.41) is 18.5. The number of halogens is 2. The van der Waals surface area contributed by atoms with Gasteiger partial charge in [-0.2, -0.15) is 5.10 Å². The van der Waals surface area contributed by atoms with Crippen molar-refractivity contribution in [2.24, 2.45) is 17.3 Å². The molecule has 0 atom stereocenters. The summed E-state index contributed by atoms with van der Waals surface area (Å²) in [5.41, 5.74) is 1.64. The Bertz CT molecular complexity index is 1020. The van der Waals surface area contributed by atoms with E-state index in [0.717, 1.165) is 25.2 Å². The number of ether oxygens (including phenoxy) is 1. The van der Waals surface area contributed by atoms with E-state index in [1.165, 1.54) is 17.6 Å². The number of benzene rings is 2. The van der Waals surface area contributed by atoms with Gasteiger partial charge in [0.1, 0.15) is 11.5 Å². The lowest BCUT2D eigenvalue weighted by atomic mass is 10.2. The van der Waals surface area contributed by atoms with Gasteiger partial charge in [0.15, 0.2) is 0 Å². The highest BCUT2D eigenvalue weighted by molar-refractivity contribution is 9.11. The highest BCUT2D eigenvalue weighted by atomic mass is 79.9.